The molecule has 124 valence electrons. The molecule has 2 aromatic heterocycles. The van der Waals surface area contributed by atoms with Crippen LogP contribution in [0.4, 0.5) is 4.79 Å². The van der Waals surface area contributed by atoms with Crippen molar-refractivity contribution < 1.29 is 4.79 Å². The van der Waals surface area contributed by atoms with Crippen LogP contribution in [0.15, 0.2) is 12.5 Å². The minimum Gasteiger partial charge on any atom is -0.338 e. The predicted molar refractivity (Wildman–Crippen MR) is 88.5 cm³/mol. The van der Waals surface area contributed by atoms with Gasteiger partial charge in [-0.2, -0.15) is 0 Å². The number of amides is 2. The quantitative estimate of drug-likeness (QED) is 0.923. The van der Waals surface area contributed by atoms with Crippen LogP contribution in [0.25, 0.3) is 0 Å². The van der Waals surface area contributed by atoms with Gasteiger partial charge >= 0.3 is 6.03 Å². The average molecular weight is 334 g/mol. The maximum absolute atomic E-state index is 12.2. The van der Waals surface area contributed by atoms with Gasteiger partial charge in [-0.1, -0.05) is 0 Å². The summed E-state index contributed by atoms with van der Waals surface area (Å²) >= 11 is 1.68. The molecule has 0 spiro atoms. The topological polar surface area (TPSA) is 75.9 Å². The standard InChI is InChI=1S/C15H22N6OS/c1-11-9-17-13(23-11)3-6-16-15(22)21-7-4-12(5-8-21)14-19-18-10-20(14)2/h9-10,12H,3-8H2,1-2H3,(H,16,22). The maximum Gasteiger partial charge on any atom is 0.317 e. The molecule has 2 amide bonds. The summed E-state index contributed by atoms with van der Waals surface area (Å²) in [7, 11) is 1.97. The lowest BCUT2D eigenvalue weighted by molar-refractivity contribution is 0.180. The smallest absolute Gasteiger partial charge is 0.317 e. The zero-order chi connectivity index (χ0) is 16.2. The first-order chi connectivity index (χ1) is 11.1. The Balaban J connectivity index is 1.42. The lowest BCUT2D eigenvalue weighted by Crippen LogP contribution is -2.44. The Kier molecular flexibility index (Phi) is 4.90. The third-order valence-corrected chi connectivity index (χ3v) is 5.15. The van der Waals surface area contributed by atoms with Crippen LogP contribution in [-0.2, 0) is 13.5 Å². The highest BCUT2D eigenvalue weighted by Crippen LogP contribution is 2.25. The zero-order valence-corrected chi connectivity index (χ0v) is 14.3. The number of urea groups is 1. The molecule has 3 rings (SSSR count). The molecular formula is C15H22N6OS. The van der Waals surface area contributed by atoms with E-state index in [9.17, 15) is 4.79 Å². The van der Waals surface area contributed by atoms with Crippen molar-refractivity contribution in [1.82, 2.24) is 30.0 Å². The minimum absolute atomic E-state index is 0.0229. The van der Waals surface area contributed by atoms with Crippen molar-refractivity contribution in [2.24, 2.45) is 7.05 Å². The molecule has 1 aliphatic heterocycles. The Hall–Kier alpha value is -1.96. The van der Waals surface area contributed by atoms with Gasteiger partial charge in [0.1, 0.15) is 12.2 Å². The van der Waals surface area contributed by atoms with E-state index in [1.165, 1.54) is 4.88 Å². The number of carbonyl (C=O) groups is 1. The molecular weight excluding hydrogens is 312 g/mol. The van der Waals surface area contributed by atoms with Gasteiger partial charge in [-0.25, -0.2) is 9.78 Å². The van der Waals surface area contributed by atoms with Gasteiger partial charge in [-0.05, 0) is 19.8 Å². The van der Waals surface area contributed by atoms with E-state index in [4.69, 9.17) is 0 Å². The molecule has 1 fully saturated rings. The fourth-order valence-electron chi connectivity index (χ4n) is 2.91. The second kappa shape index (κ2) is 7.08. The number of aromatic nitrogens is 4. The van der Waals surface area contributed by atoms with Crippen LogP contribution in [0.5, 0.6) is 0 Å². The Morgan fingerprint density at radius 2 is 2.22 bits per heavy atom. The highest BCUT2D eigenvalue weighted by atomic mass is 32.1. The molecule has 1 saturated heterocycles. The third kappa shape index (κ3) is 3.87. The number of hydrogen-bond donors (Lipinski definition) is 1. The fourth-order valence-corrected chi connectivity index (χ4v) is 3.69. The molecule has 8 heteroatoms. The van der Waals surface area contributed by atoms with Gasteiger partial charge in [0.2, 0.25) is 0 Å². The predicted octanol–water partition coefficient (Wildman–Crippen LogP) is 1.71. The summed E-state index contributed by atoms with van der Waals surface area (Å²) in [5, 5.41) is 12.2. The molecule has 0 radical (unpaired) electrons. The summed E-state index contributed by atoms with van der Waals surface area (Å²) in [5.41, 5.74) is 0. The van der Waals surface area contributed by atoms with Crippen molar-refractivity contribution in [3.05, 3.63) is 28.2 Å². The van der Waals surface area contributed by atoms with E-state index < -0.39 is 0 Å². The zero-order valence-electron chi connectivity index (χ0n) is 13.5. The summed E-state index contributed by atoms with van der Waals surface area (Å²) < 4.78 is 1.97. The monoisotopic (exact) mass is 334 g/mol. The SMILES string of the molecule is Cc1cnc(CCNC(=O)N2CCC(c3nncn3C)CC2)s1. The van der Waals surface area contributed by atoms with Gasteiger partial charge in [0.15, 0.2) is 0 Å². The number of nitrogens with one attached hydrogen (secondary N) is 1. The summed E-state index contributed by atoms with van der Waals surface area (Å²) in [4.78, 5) is 19.6. The van der Waals surface area contributed by atoms with Crippen molar-refractivity contribution in [3.63, 3.8) is 0 Å². The van der Waals surface area contributed by atoms with Crippen LogP contribution in [0.1, 0.15) is 34.5 Å². The van der Waals surface area contributed by atoms with E-state index in [-0.39, 0.29) is 6.03 Å². The van der Waals surface area contributed by atoms with Crippen LogP contribution in [-0.4, -0.2) is 50.3 Å². The number of nitrogens with zero attached hydrogens (tertiary/aromatic N) is 5. The van der Waals surface area contributed by atoms with E-state index in [1.54, 1.807) is 17.7 Å². The molecule has 3 heterocycles. The second-order valence-electron chi connectivity index (χ2n) is 5.91. The van der Waals surface area contributed by atoms with E-state index in [0.717, 1.165) is 43.2 Å². The largest absolute Gasteiger partial charge is 0.338 e. The van der Waals surface area contributed by atoms with E-state index in [0.29, 0.717) is 12.5 Å². The number of rotatable bonds is 4. The molecule has 2 aromatic rings. The Morgan fingerprint density at radius 1 is 1.43 bits per heavy atom. The molecule has 0 bridgehead atoms. The van der Waals surface area contributed by atoms with Crippen molar-refractivity contribution in [2.75, 3.05) is 19.6 Å². The molecule has 0 atom stereocenters. The molecule has 1 N–H and O–H groups in total. The molecule has 0 unspecified atom stereocenters. The van der Waals surface area contributed by atoms with Gasteiger partial charge in [-0.15, -0.1) is 21.5 Å². The van der Waals surface area contributed by atoms with Crippen molar-refractivity contribution in [1.29, 1.82) is 0 Å². The molecule has 7 nitrogen and oxygen atoms in total. The van der Waals surface area contributed by atoms with Crippen LogP contribution in [0.3, 0.4) is 0 Å². The Labute approximate surface area is 139 Å². The van der Waals surface area contributed by atoms with Gasteiger partial charge < -0.3 is 14.8 Å². The second-order valence-corrected chi connectivity index (χ2v) is 7.23. The summed E-state index contributed by atoms with van der Waals surface area (Å²) in [6.45, 7) is 4.20. The first-order valence-electron chi connectivity index (χ1n) is 7.91. The average Bonchev–Trinajstić information content (AvgIpc) is 3.16. The first-order valence-corrected chi connectivity index (χ1v) is 8.73. The lowest BCUT2D eigenvalue weighted by Gasteiger charge is -2.31. The van der Waals surface area contributed by atoms with Crippen LogP contribution < -0.4 is 5.32 Å². The minimum atomic E-state index is 0.0229. The van der Waals surface area contributed by atoms with Crippen LogP contribution >= 0.6 is 11.3 Å². The summed E-state index contributed by atoms with van der Waals surface area (Å²) in [5.74, 6) is 1.41. The number of piperidine rings is 1. The van der Waals surface area contributed by atoms with Gasteiger partial charge in [0.05, 0.1) is 5.01 Å². The van der Waals surface area contributed by atoms with Crippen molar-refractivity contribution in [2.45, 2.75) is 32.1 Å². The highest BCUT2D eigenvalue weighted by molar-refractivity contribution is 7.11. The van der Waals surface area contributed by atoms with Crippen LogP contribution in [0.2, 0.25) is 0 Å². The Bertz CT molecular complexity index is 658. The molecule has 0 aliphatic carbocycles. The van der Waals surface area contributed by atoms with Crippen molar-refractivity contribution >= 4 is 17.4 Å². The molecule has 23 heavy (non-hydrogen) atoms. The third-order valence-electron chi connectivity index (χ3n) is 4.18. The number of aryl methyl sites for hydroxylation is 2. The van der Waals surface area contributed by atoms with Gasteiger partial charge in [0, 0.05) is 50.1 Å². The highest BCUT2D eigenvalue weighted by Gasteiger charge is 2.26. The van der Waals surface area contributed by atoms with Crippen molar-refractivity contribution in [3.8, 4) is 0 Å². The van der Waals surface area contributed by atoms with Gasteiger partial charge in [0.25, 0.3) is 0 Å². The number of thiazole rings is 1. The number of likely N-dealkylation sites (tertiary alicyclic amines) is 1. The lowest BCUT2D eigenvalue weighted by atomic mass is 9.96. The number of hydrogen-bond acceptors (Lipinski definition) is 5. The maximum atomic E-state index is 12.2. The molecule has 0 aromatic carbocycles. The Morgan fingerprint density at radius 3 is 2.83 bits per heavy atom. The van der Waals surface area contributed by atoms with Crippen LogP contribution in [0, 0.1) is 6.92 Å². The number of carbonyl (C=O) groups excluding carboxylic acids is 1. The molecule has 1 aliphatic rings. The fraction of sp³-hybridized carbons (Fsp3) is 0.600. The summed E-state index contributed by atoms with van der Waals surface area (Å²) in [6, 6.07) is 0.0229. The molecule has 0 saturated carbocycles. The van der Waals surface area contributed by atoms with Gasteiger partial charge in [-0.3, -0.25) is 0 Å². The van der Waals surface area contributed by atoms with E-state index in [1.807, 2.05) is 29.6 Å². The first kappa shape index (κ1) is 15.9. The van der Waals surface area contributed by atoms with E-state index in [2.05, 4.69) is 20.5 Å². The normalized spacial score (nSPS) is 15.8. The van der Waals surface area contributed by atoms with E-state index >= 15 is 0 Å². The summed E-state index contributed by atoms with van der Waals surface area (Å²) in [6.07, 6.45) is 6.27.